The highest BCUT2D eigenvalue weighted by molar-refractivity contribution is 5.81. The van der Waals surface area contributed by atoms with E-state index in [0.717, 1.165) is 25.9 Å². The van der Waals surface area contributed by atoms with Crippen molar-refractivity contribution < 1.29 is 9.53 Å². The second-order valence-electron chi connectivity index (χ2n) is 7.10. The maximum atomic E-state index is 12.6. The van der Waals surface area contributed by atoms with Crippen LogP contribution in [0.15, 0.2) is 0 Å². The van der Waals surface area contributed by atoms with Gasteiger partial charge in [0, 0.05) is 18.9 Å². The van der Waals surface area contributed by atoms with E-state index in [9.17, 15) is 4.79 Å². The average molecular weight is 264 g/mol. The Labute approximate surface area is 117 Å². The first-order chi connectivity index (χ1) is 9.27. The van der Waals surface area contributed by atoms with Crippen molar-refractivity contribution in [3.05, 3.63) is 0 Å². The molecule has 1 unspecified atom stereocenters. The molecule has 0 N–H and O–H groups in total. The summed E-state index contributed by atoms with van der Waals surface area (Å²) in [7, 11) is 0. The molecule has 2 heteroatoms. The number of hydrogen-bond donors (Lipinski definition) is 0. The van der Waals surface area contributed by atoms with Crippen LogP contribution in [0, 0.1) is 11.8 Å². The van der Waals surface area contributed by atoms with Gasteiger partial charge >= 0.3 is 0 Å². The maximum Gasteiger partial charge on any atom is 0.136 e. The van der Waals surface area contributed by atoms with Gasteiger partial charge in [-0.05, 0) is 38.0 Å². The Hall–Kier alpha value is -0.370. The lowest BCUT2D eigenvalue weighted by atomic mass is 9.70. The predicted molar refractivity (Wildman–Crippen MR) is 76.1 cm³/mol. The van der Waals surface area contributed by atoms with Crippen LogP contribution < -0.4 is 0 Å². The van der Waals surface area contributed by atoms with Crippen molar-refractivity contribution in [2.24, 2.45) is 11.8 Å². The van der Waals surface area contributed by atoms with Crippen LogP contribution in [0.3, 0.4) is 0 Å². The summed E-state index contributed by atoms with van der Waals surface area (Å²) in [6.07, 6.45) is 14.6. The van der Waals surface area contributed by atoms with Crippen molar-refractivity contribution in [2.45, 2.75) is 82.7 Å². The lowest BCUT2D eigenvalue weighted by Crippen LogP contribution is -2.47. The van der Waals surface area contributed by atoms with Crippen molar-refractivity contribution >= 4 is 5.78 Å². The molecule has 0 radical (unpaired) electrons. The first-order valence-electron chi connectivity index (χ1n) is 8.44. The molecule has 2 saturated carbocycles. The van der Waals surface area contributed by atoms with Crippen LogP contribution in [-0.4, -0.2) is 18.0 Å². The maximum absolute atomic E-state index is 12.6. The molecule has 1 atom stereocenters. The molecule has 1 spiro atoms. The fraction of sp³-hybridized carbons (Fsp3) is 0.941. The van der Waals surface area contributed by atoms with Gasteiger partial charge in [0.15, 0.2) is 0 Å². The highest BCUT2D eigenvalue weighted by Gasteiger charge is 2.44. The van der Waals surface area contributed by atoms with Crippen LogP contribution in [0.5, 0.6) is 0 Å². The van der Waals surface area contributed by atoms with E-state index in [4.69, 9.17) is 4.74 Å². The Morgan fingerprint density at radius 2 is 1.74 bits per heavy atom. The standard InChI is InChI=1S/C17H28O2/c18-16(12-14-6-3-1-2-4-7-14)15-8-11-19-17(13-15)9-5-10-17/h14-15H,1-13H2. The van der Waals surface area contributed by atoms with Gasteiger partial charge in [-0.2, -0.15) is 0 Å². The monoisotopic (exact) mass is 264 g/mol. The summed E-state index contributed by atoms with van der Waals surface area (Å²) in [5.74, 6) is 1.56. The first-order valence-corrected chi connectivity index (χ1v) is 8.44. The van der Waals surface area contributed by atoms with E-state index in [1.54, 1.807) is 0 Å². The fourth-order valence-electron chi connectivity index (χ4n) is 4.24. The number of carbonyl (C=O) groups excluding carboxylic acids is 1. The topological polar surface area (TPSA) is 26.3 Å². The second kappa shape index (κ2) is 5.95. The van der Waals surface area contributed by atoms with Crippen molar-refractivity contribution in [2.75, 3.05) is 6.61 Å². The van der Waals surface area contributed by atoms with E-state index in [1.165, 1.54) is 57.8 Å². The Kier molecular flexibility index (Phi) is 4.26. The number of ether oxygens (including phenoxy) is 1. The third kappa shape index (κ3) is 3.21. The zero-order valence-electron chi connectivity index (χ0n) is 12.2. The van der Waals surface area contributed by atoms with Gasteiger partial charge in [0.1, 0.15) is 5.78 Å². The van der Waals surface area contributed by atoms with Gasteiger partial charge < -0.3 is 4.74 Å². The SMILES string of the molecule is O=C(CC1CCCCCC1)C1CCOC2(CCC2)C1. The largest absolute Gasteiger partial charge is 0.375 e. The van der Waals surface area contributed by atoms with E-state index in [-0.39, 0.29) is 5.60 Å². The number of hydrogen-bond acceptors (Lipinski definition) is 2. The third-order valence-corrected chi connectivity index (χ3v) is 5.68. The van der Waals surface area contributed by atoms with Crippen molar-refractivity contribution in [3.8, 4) is 0 Å². The minimum Gasteiger partial charge on any atom is -0.375 e. The van der Waals surface area contributed by atoms with Crippen molar-refractivity contribution in [3.63, 3.8) is 0 Å². The van der Waals surface area contributed by atoms with Gasteiger partial charge in [-0.25, -0.2) is 0 Å². The number of carbonyl (C=O) groups is 1. The molecule has 1 saturated heterocycles. The lowest BCUT2D eigenvalue weighted by molar-refractivity contribution is -0.156. The van der Waals surface area contributed by atoms with E-state index >= 15 is 0 Å². The second-order valence-corrected chi connectivity index (χ2v) is 7.10. The van der Waals surface area contributed by atoms with Gasteiger partial charge in [0.05, 0.1) is 5.60 Å². The summed E-state index contributed by atoms with van der Waals surface area (Å²) < 4.78 is 5.94. The predicted octanol–water partition coefficient (Wildman–Crippen LogP) is 4.27. The molecule has 0 amide bonds. The van der Waals surface area contributed by atoms with E-state index < -0.39 is 0 Å². The van der Waals surface area contributed by atoms with Crippen LogP contribution in [0.1, 0.15) is 77.0 Å². The molecule has 3 rings (SSSR count). The fourth-order valence-corrected chi connectivity index (χ4v) is 4.24. The van der Waals surface area contributed by atoms with E-state index in [2.05, 4.69) is 0 Å². The normalized spacial score (nSPS) is 31.7. The zero-order chi connectivity index (χ0) is 13.1. The van der Waals surface area contributed by atoms with Gasteiger partial charge in [-0.15, -0.1) is 0 Å². The molecule has 2 aliphatic carbocycles. The number of ketones is 1. The summed E-state index contributed by atoms with van der Waals surface area (Å²) in [5.41, 5.74) is 0.127. The molecule has 19 heavy (non-hydrogen) atoms. The molecule has 3 fully saturated rings. The minimum absolute atomic E-state index is 0.127. The summed E-state index contributed by atoms with van der Waals surface area (Å²) in [6.45, 7) is 0.821. The smallest absolute Gasteiger partial charge is 0.136 e. The molecular weight excluding hydrogens is 236 g/mol. The molecule has 1 heterocycles. The molecule has 0 aromatic rings. The van der Waals surface area contributed by atoms with Crippen molar-refractivity contribution in [1.29, 1.82) is 0 Å². The molecular formula is C17H28O2. The van der Waals surface area contributed by atoms with E-state index in [0.29, 0.717) is 17.6 Å². The molecule has 0 bridgehead atoms. The Morgan fingerprint density at radius 1 is 1.00 bits per heavy atom. The Balaban J connectivity index is 1.51. The summed E-state index contributed by atoms with van der Waals surface area (Å²) in [4.78, 5) is 12.6. The Morgan fingerprint density at radius 3 is 2.37 bits per heavy atom. The minimum atomic E-state index is 0.127. The van der Waals surface area contributed by atoms with Gasteiger partial charge in [0.25, 0.3) is 0 Å². The number of Topliss-reactive ketones (excluding diaryl/α,β-unsaturated/α-hetero) is 1. The van der Waals surface area contributed by atoms with Crippen LogP contribution in [0.2, 0.25) is 0 Å². The lowest BCUT2D eigenvalue weighted by Gasteiger charge is -2.47. The Bertz CT molecular complexity index is 311. The van der Waals surface area contributed by atoms with Crippen molar-refractivity contribution in [1.82, 2.24) is 0 Å². The highest BCUT2D eigenvalue weighted by atomic mass is 16.5. The molecule has 1 aliphatic heterocycles. The molecule has 0 aromatic heterocycles. The quantitative estimate of drug-likeness (QED) is 0.712. The molecule has 2 nitrogen and oxygen atoms in total. The molecule has 0 aromatic carbocycles. The van der Waals surface area contributed by atoms with E-state index in [1.807, 2.05) is 0 Å². The van der Waals surface area contributed by atoms with Gasteiger partial charge in [-0.1, -0.05) is 38.5 Å². The van der Waals surface area contributed by atoms with Gasteiger partial charge in [-0.3, -0.25) is 4.79 Å². The third-order valence-electron chi connectivity index (χ3n) is 5.68. The summed E-state index contributed by atoms with van der Waals surface area (Å²) in [6, 6.07) is 0. The van der Waals surface area contributed by atoms with Crippen LogP contribution in [0.4, 0.5) is 0 Å². The van der Waals surface area contributed by atoms with Crippen LogP contribution in [0.25, 0.3) is 0 Å². The first kappa shape index (κ1) is 13.6. The van der Waals surface area contributed by atoms with Crippen LogP contribution >= 0.6 is 0 Å². The molecule has 3 aliphatic rings. The van der Waals surface area contributed by atoms with Gasteiger partial charge in [0.2, 0.25) is 0 Å². The zero-order valence-corrected chi connectivity index (χ0v) is 12.2. The van der Waals surface area contributed by atoms with Crippen LogP contribution in [-0.2, 0) is 9.53 Å². The average Bonchev–Trinajstić information content (AvgIpc) is 2.66. The molecule has 108 valence electrons. The summed E-state index contributed by atoms with van der Waals surface area (Å²) >= 11 is 0. The number of rotatable bonds is 3. The highest BCUT2D eigenvalue weighted by Crippen LogP contribution is 2.45. The summed E-state index contributed by atoms with van der Waals surface area (Å²) in [5, 5.41) is 0.